The van der Waals surface area contributed by atoms with Gasteiger partial charge in [0.25, 0.3) is 5.91 Å². The van der Waals surface area contributed by atoms with Gasteiger partial charge in [-0.3, -0.25) is 4.79 Å². The summed E-state index contributed by atoms with van der Waals surface area (Å²) in [6, 6.07) is 4.51. The van der Waals surface area contributed by atoms with Gasteiger partial charge in [0.15, 0.2) is 0 Å². The summed E-state index contributed by atoms with van der Waals surface area (Å²) in [5, 5.41) is 0.609. The number of hydrogen-bond acceptors (Lipinski definition) is 4. The fourth-order valence-corrected chi connectivity index (χ4v) is 3.45. The Labute approximate surface area is 159 Å². The van der Waals surface area contributed by atoms with Crippen molar-refractivity contribution in [1.82, 2.24) is 14.9 Å². The summed E-state index contributed by atoms with van der Waals surface area (Å²) in [5.74, 6) is 0.154. The zero-order valence-corrected chi connectivity index (χ0v) is 15.5. The Kier molecular flexibility index (Phi) is 4.39. The lowest BCUT2D eigenvalue weighted by molar-refractivity contribution is 0.0775. The predicted octanol–water partition coefficient (Wildman–Crippen LogP) is 3.96. The zero-order chi connectivity index (χ0) is 19.1. The van der Waals surface area contributed by atoms with Gasteiger partial charge < -0.3 is 19.4 Å². The number of benzene rings is 1. The van der Waals surface area contributed by atoms with Crippen LogP contribution in [-0.2, 0) is 0 Å². The number of likely N-dealkylation sites (N-methyl/N-ethyl adjacent to an activating group) is 1. The second-order valence-corrected chi connectivity index (χ2v) is 6.76. The number of carbonyl (C=O) groups excluding carboxylic acids is 1. The van der Waals surface area contributed by atoms with Gasteiger partial charge >= 0.3 is 0 Å². The van der Waals surface area contributed by atoms with Gasteiger partial charge in [-0.05, 0) is 25.1 Å². The van der Waals surface area contributed by atoms with Crippen LogP contribution in [0.3, 0.4) is 0 Å². The Morgan fingerprint density at radius 2 is 2.22 bits per heavy atom. The topological polar surface area (TPSA) is 67.5 Å². The molecular formula is C19H17ClFN3O3. The lowest BCUT2D eigenvalue weighted by atomic mass is 10.1. The van der Waals surface area contributed by atoms with E-state index in [-0.39, 0.29) is 17.5 Å². The van der Waals surface area contributed by atoms with Gasteiger partial charge in [0.2, 0.25) is 0 Å². The summed E-state index contributed by atoms with van der Waals surface area (Å²) >= 11 is 6.19. The summed E-state index contributed by atoms with van der Waals surface area (Å²) in [4.78, 5) is 21.6. The highest BCUT2D eigenvalue weighted by Crippen LogP contribution is 2.37. The third-order valence-corrected chi connectivity index (χ3v) is 4.96. The molecule has 3 heterocycles. The Morgan fingerprint density at radius 3 is 3.04 bits per heavy atom. The highest BCUT2D eigenvalue weighted by Gasteiger charge is 2.23. The normalized spacial score (nSPS) is 17.6. The van der Waals surface area contributed by atoms with Crippen LogP contribution < -0.4 is 9.47 Å². The van der Waals surface area contributed by atoms with Crippen molar-refractivity contribution in [1.29, 1.82) is 0 Å². The van der Waals surface area contributed by atoms with E-state index in [4.69, 9.17) is 21.1 Å². The minimum absolute atomic E-state index is 0.0457. The van der Waals surface area contributed by atoms with Crippen molar-refractivity contribution in [2.75, 3.05) is 20.2 Å². The molecule has 27 heavy (non-hydrogen) atoms. The molecule has 2 bridgehead atoms. The monoisotopic (exact) mass is 389 g/mol. The average molecular weight is 390 g/mol. The van der Waals surface area contributed by atoms with E-state index in [2.05, 4.69) is 9.97 Å². The van der Waals surface area contributed by atoms with Crippen molar-refractivity contribution in [3.8, 4) is 11.5 Å². The molecule has 1 N–H and O–H groups in total. The van der Waals surface area contributed by atoms with Crippen LogP contribution in [0, 0.1) is 5.82 Å². The van der Waals surface area contributed by atoms with Gasteiger partial charge in [0.1, 0.15) is 35.7 Å². The number of H-pyrrole nitrogens is 1. The second kappa shape index (κ2) is 6.74. The molecule has 0 saturated heterocycles. The lowest BCUT2D eigenvalue weighted by Gasteiger charge is -2.21. The number of fused-ring (bicyclic) bond motifs is 2. The first-order chi connectivity index (χ1) is 13.0. The fourth-order valence-electron chi connectivity index (χ4n) is 3.14. The summed E-state index contributed by atoms with van der Waals surface area (Å²) < 4.78 is 25.8. The van der Waals surface area contributed by atoms with Crippen molar-refractivity contribution in [2.45, 2.75) is 13.0 Å². The first-order valence-electron chi connectivity index (χ1n) is 8.45. The van der Waals surface area contributed by atoms with Crippen LogP contribution in [0.1, 0.15) is 28.9 Å². The molecule has 8 heteroatoms. The Morgan fingerprint density at radius 1 is 1.41 bits per heavy atom. The molecule has 0 fully saturated rings. The largest absolute Gasteiger partial charge is 0.491 e. The molecule has 0 spiro atoms. The molecule has 2 aromatic heterocycles. The van der Waals surface area contributed by atoms with Gasteiger partial charge in [-0.25, -0.2) is 9.37 Å². The lowest BCUT2D eigenvalue weighted by Crippen LogP contribution is -2.30. The minimum Gasteiger partial charge on any atom is -0.491 e. The number of halogens is 2. The highest BCUT2D eigenvalue weighted by molar-refractivity contribution is 6.31. The number of pyridine rings is 1. The third kappa shape index (κ3) is 3.08. The van der Waals surface area contributed by atoms with Crippen LogP contribution in [-0.4, -0.2) is 41.0 Å². The van der Waals surface area contributed by atoms with E-state index in [0.717, 1.165) is 0 Å². The first-order valence-corrected chi connectivity index (χ1v) is 8.83. The molecule has 1 unspecified atom stereocenters. The molecule has 1 aromatic carbocycles. The number of aromatic nitrogens is 2. The summed E-state index contributed by atoms with van der Waals surface area (Å²) in [6.07, 6.45) is 2.59. The predicted molar refractivity (Wildman–Crippen MR) is 99.0 cm³/mol. The van der Waals surface area contributed by atoms with Gasteiger partial charge in [0, 0.05) is 18.6 Å². The van der Waals surface area contributed by atoms with E-state index >= 15 is 0 Å². The molecule has 1 aliphatic rings. The van der Waals surface area contributed by atoms with Crippen molar-refractivity contribution < 1.29 is 18.7 Å². The van der Waals surface area contributed by atoms with Gasteiger partial charge in [0.05, 0.1) is 28.9 Å². The van der Waals surface area contributed by atoms with E-state index in [1.807, 2.05) is 0 Å². The maximum absolute atomic E-state index is 14.0. The molecule has 1 amide bonds. The van der Waals surface area contributed by atoms with Gasteiger partial charge in [-0.15, -0.1) is 0 Å². The number of amides is 1. The number of hydrogen-bond donors (Lipinski definition) is 1. The van der Waals surface area contributed by atoms with E-state index in [1.54, 1.807) is 37.3 Å². The molecule has 0 radical (unpaired) electrons. The average Bonchev–Trinajstić information content (AvgIpc) is 3.06. The SMILES string of the molecule is CC1Oc2cnc3[nH]cc(c3c2)C(=O)N(C)CCOc2ccc(F)c(Cl)c21. The molecule has 0 saturated carbocycles. The standard InChI is InChI=1S/C19H17ClFN3O3/c1-10-16-15(4-3-14(21)17(16)20)26-6-5-24(2)19(25)13-9-23-18-12(13)7-11(27-10)8-22-18/h3-4,7-10H,5-6H2,1-2H3,(H,22,23). The second-order valence-electron chi connectivity index (χ2n) is 6.38. The molecule has 6 nitrogen and oxygen atoms in total. The Bertz CT molecular complexity index is 1040. The number of ether oxygens (including phenoxy) is 2. The minimum atomic E-state index is -0.584. The van der Waals surface area contributed by atoms with Crippen molar-refractivity contribution in [3.63, 3.8) is 0 Å². The zero-order valence-electron chi connectivity index (χ0n) is 14.8. The highest BCUT2D eigenvalue weighted by atomic mass is 35.5. The van der Waals surface area contributed by atoms with Gasteiger partial charge in [-0.2, -0.15) is 0 Å². The number of aromatic amines is 1. The van der Waals surface area contributed by atoms with E-state index in [0.29, 0.717) is 40.2 Å². The Balaban J connectivity index is 1.85. The van der Waals surface area contributed by atoms with E-state index < -0.39 is 11.9 Å². The van der Waals surface area contributed by atoms with Crippen LogP contribution in [0.15, 0.2) is 30.6 Å². The fraction of sp³-hybridized carbons (Fsp3) is 0.263. The maximum Gasteiger partial charge on any atom is 0.255 e. The first kappa shape index (κ1) is 17.6. The molecule has 140 valence electrons. The van der Waals surface area contributed by atoms with Crippen LogP contribution in [0.2, 0.25) is 5.02 Å². The maximum atomic E-state index is 14.0. The number of rotatable bonds is 0. The number of nitrogens with zero attached hydrogens (tertiary/aromatic N) is 2. The van der Waals surface area contributed by atoms with Gasteiger partial charge in [-0.1, -0.05) is 11.6 Å². The smallest absolute Gasteiger partial charge is 0.255 e. The molecule has 3 aromatic rings. The summed E-state index contributed by atoms with van der Waals surface area (Å²) in [6.45, 7) is 2.34. The molecule has 4 rings (SSSR count). The number of carbonyl (C=O) groups is 1. The van der Waals surface area contributed by atoms with Crippen LogP contribution in [0.4, 0.5) is 4.39 Å². The van der Waals surface area contributed by atoms with Crippen LogP contribution in [0.5, 0.6) is 11.5 Å². The van der Waals surface area contributed by atoms with Crippen molar-refractivity contribution in [3.05, 3.63) is 52.6 Å². The summed E-state index contributed by atoms with van der Waals surface area (Å²) in [5.41, 5.74) is 1.50. The number of nitrogens with one attached hydrogen (secondary N) is 1. The van der Waals surface area contributed by atoms with E-state index in [9.17, 15) is 9.18 Å². The third-order valence-electron chi connectivity index (χ3n) is 4.58. The van der Waals surface area contributed by atoms with Crippen molar-refractivity contribution >= 4 is 28.5 Å². The molecule has 1 atom stereocenters. The molecule has 1 aliphatic heterocycles. The van der Waals surface area contributed by atoms with Crippen LogP contribution >= 0.6 is 11.6 Å². The molecular weight excluding hydrogens is 373 g/mol. The van der Waals surface area contributed by atoms with Crippen molar-refractivity contribution in [2.24, 2.45) is 0 Å². The quantitative estimate of drug-likeness (QED) is 0.632. The summed E-state index contributed by atoms with van der Waals surface area (Å²) in [7, 11) is 1.69. The molecule has 0 aliphatic carbocycles. The van der Waals surface area contributed by atoms with Crippen LogP contribution in [0.25, 0.3) is 11.0 Å². The Hall–Kier alpha value is -2.80. The van der Waals surface area contributed by atoms with E-state index in [1.165, 1.54) is 12.1 Å².